The van der Waals surface area contributed by atoms with Crippen molar-refractivity contribution in [2.24, 2.45) is 11.8 Å². The van der Waals surface area contributed by atoms with Crippen LogP contribution in [-0.4, -0.2) is 23.9 Å². The van der Waals surface area contributed by atoms with Crippen LogP contribution >= 0.6 is 0 Å². The first kappa shape index (κ1) is 16.0. The van der Waals surface area contributed by atoms with E-state index in [4.69, 9.17) is 0 Å². The Hall–Kier alpha value is -1.84. The van der Waals surface area contributed by atoms with E-state index < -0.39 is 0 Å². The second-order valence-corrected chi connectivity index (χ2v) is 7.08. The molecule has 0 aromatic heterocycles. The minimum atomic E-state index is 0.118. The molecule has 2 fully saturated rings. The second-order valence-electron chi connectivity index (χ2n) is 7.08. The number of hydrogen-bond acceptors (Lipinski definition) is 2. The number of aryl methyl sites for hydroxylation is 1. The van der Waals surface area contributed by atoms with E-state index in [-0.39, 0.29) is 23.9 Å². The summed E-state index contributed by atoms with van der Waals surface area (Å²) < 4.78 is 0. The van der Waals surface area contributed by atoms with E-state index in [0.717, 1.165) is 25.7 Å². The fourth-order valence-electron chi connectivity index (χ4n) is 4.08. The summed E-state index contributed by atoms with van der Waals surface area (Å²) in [6.45, 7) is 2.18. The van der Waals surface area contributed by atoms with Gasteiger partial charge in [0.05, 0.1) is 0 Å². The highest BCUT2D eigenvalue weighted by molar-refractivity contribution is 5.78. The predicted molar refractivity (Wildman–Crippen MR) is 89.7 cm³/mol. The Morgan fingerprint density at radius 2 is 2.04 bits per heavy atom. The lowest BCUT2D eigenvalue weighted by Gasteiger charge is -2.43. The highest BCUT2D eigenvalue weighted by atomic mass is 16.2. The zero-order chi connectivity index (χ0) is 16.2. The van der Waals surface area contributed by atoms with Gasteiger partial charge in [-0.15, -0.1) is 0 Å². The highest BCUT2D eigenvalue weighted by Gasteiger charge is 2.38. The van der Waals surface area contributed by atoms with E-state index in [2.05, 4.69) is 29.7 Å². The van der Waals surface area contributed by atoms with Gasteiger partial charge >= 0.3 is 0 Å². The van der Waals surface area contributed by atoms with E-state index in [1.807, 2.05) is 18.2 Å². The Labute approximate surface area is 138 Å². The molecule has 2 amide bonds. The fourth-order valence-corrected chi connectivity index (χ4v) is 4.08. The molecule has 1 saturated heterocycles. The highest BCUT2D eigenvalue weighted by Crippen LogP contribution is 2.35. The summed E-state index contributed by atoms with van der Waals surface area (Å²) in [5, 5.41) is 6.28. The van der Waals surface area contributed by atoms with Gasteiger partial charge in [-0.2, -0.15) is 0 Å². The summed E-state index contributed by atoms with van der Waals surface area (Å²) in [5.74, 6) is 1.32. The molecule has 3 rings (SSSR count). The molecule has 4 unspecified atom stereocenters. The van der Waals surface area contributed by atoms with Gasteiger partial charge in [0.15, 0.2) is 0 Å². The fraction of sp³-hybridized carbons (Fsp3) is 0.579. The number of nitrogens with one attached hydrogen (secondary N) is 2. The van der Waals surface area contributed by atoms with Crippen molar-refractivity contribution >= 4 is 11.8 Å². The standard InChI is InChI=1S/C19H26N2O2/c1-13-11-19(23)21-17-12-15(8-9-16(13)17)20-18(22)10-7-14-5-3-2-4-6-14/h2-6,13,15-17H,7-12H2,1H3,(H,20,22)(H,21,23). The molecule has 0 spiro atoms. The van der Waals surface area contributed by atoms with Crippen LogP contribution < -0.4 is 10.6 Å². The van der Waals surface area contributed by atoms with Crippen LogP contribution in [0.25, 0.3) is 0 Å². The topological polar surface area (TPSA) is 58.2 Å². The van der Waals surface area contributed by atoms with Crippen LogP contribution in [0.15, 0.2) is 30.3 Å². The van der Waals surface area contributed by atoms with Gasteiger partial charge in [0.25, 0.3) is 0 Å². The van der Waals surface area contributed by atoms with Gasteiger partial charge in [0.2, 0.25) is 11.8 Å². The number of fused-ring (bicyclic) bond motifs is 1. The number of hydrogen-bond donors (Lipinski definition) is 2. The number of carbonyl (C=O) groups excluding carboxylic acids is 2. The van der Waals surface area contributed by atoms with Crippen molar-refractivity contribution in [1.82, 2.24) is 10.6 Å². The summed E-state index contributed by atoms with van der Waals surface area (Å²) in [4.78, 5) is 23.9. The zero-order valence-electron chi connectivity index (χ0n) is 13.8. The normalized spacial score (nSPS) is 30.2. The molecular formula is C19H26N2O2. The number of amides is 2. The predicted octanol–water partition coefficient (Wildman–Crippen LogP) is 2.43. The third-order valence-corrected chi connectivity index (χ3v) is 5.34. The minimum Gasteiger partial charge on any atom is -0.353 e. The molecule has 1 aliphatic heterocycles. The maximum absolute atomic E-state index is 12.2. The Kier molecular flexibility index (Phi) is 4.99. The average Bonchev–Trinajstić information content (AvgIpc) is 2.53. The maximum Gasteiger partial charge on any atom is 0.220 e. The monoisotopic (exact) mass is 314 g/mol. The molecule has 0 radical (unpaired) electrons. The third kappa shape index (κ3) is 4.12. The van der Waals surface area contributed by atoms with Crippen LogP contribution in [0.5, 0.6) is 0 Å². The van der Waals surface area contributed by atoms with Gasteiger partial charge in [0, 0.05) is 24.9 Å². The molecule has 2 N–H and O–H groups in total. The maximum atomic E-state index is 12.2. The lowest BCUT2D eigenvalue weighted by Crippen LogP contribution is -2.54. The summed E-state index contributed by atoms with van der Waals surface area (Å²) in [6.07, 6.45) is 4.94. The number of benzene rings is 1. The Bertz CT molecular complexity index is 558. The van der Waals surface area contributed by atoms with Gasteiger partial charge in [-0.3, -0.25) is 9.59 Å². The van der Waals surface area contributed by atoms with E-state index in [1.165, 1.54) is 5.56 Å². The molecule has 4 nitrogen and oxygen atoms in total. The van der Waals surface area contributed by atoms with Gasteiger partial charge < -0.3 is 10.6 Å². The Balaban J connectivity index is 1.47. The molecule has 1 aromatic carbocycles. The van der Waals surface area contributed by atoms with Crippen LogP contribution in [0.2, 0.25) is 0 Å². The smallest absolute Gasteiger partial charge is 0.220 e. The first-order valence-corrected chi connectivity index (χ1v) is 8.74. The van der Waals surface area contributed by atoms with Crippen LogP contribution in [0.1, 0.15) is 44.6 Å². The Morgan fingerprint density at radius 1 is 1.26 bits per heavy atom. The first-order valence-electron chi connectivity index (χ1n) is 8.74. The van der Waals surface area contributed by atoms with Crippen molar-refractivity contribution in [3.63, 3.8) is 0 Å². The summed E-state index contributed by atoms with van der Waals surface area (Å²) in [6, 6.07) is 10.5. The Morgan fingerprint density at radius 3 is 2.83 bits per heavy atom. The minimum absolute atomic E-state index is 0.118. The molecular weight excluding hydrogens is 288 g/mol. The van der Waals surface area contributed by atoms with Crippen molar-refractivity contribution in [3.05, 3.63) is 35.9 Å². The largest absolute Gasteiger partial charge is 0.353 e. The van der Waals surface area contributed by atoms with Crippen molar-refractivity contribution in [2.75, 3.05) is 0 Å². The number of piperidine rings is 1. The van der Waals surface area contributed by atoms with Gasteiger partial charge in [-0.25, -0.2) is 0 Å². The van der Waals surface area contributed by atoms with Crippen molar-refractivity contribution in [1.29, 1.82) is 0 Å². The van der Waals surface area contributed by atoms with E-state index >= 15 is 0 Å². The third-order valence-electron chi connectivity index (χ3n) is 5.34. The van der Waals surface area contributed by atoms with Crippen molar-refractivity contribution in [2.45, 2.75) is 57.5 Å². The summed E-state index contributed by atoms with van der Waals surface area (Å²) in [5.41, 5.74) is 1.19. The van der Waals surface area contributed by atoms with Gasteiger partial charge in [0.1, 0.15) is 0 Å². The van der Waals surface area contributed by atoms with Crippen molar-refractivity contribution in [3.8, 4) is 0 Å². The van der Waals surface area contributed by atoms with Crippen molar-refractivity contribution < 1.29 is 9.59 Å². The molecule has 1 saturated carbocycles. The van der Waals surface area contributed by atoms with Crippen LogP contribution in [0.4, 0.5) is 0 Å². The van der Waals surface area contributed by atoms with Crippen LogP contribution in [0, 0.1) is 11.8 Å². The average molecular weight is 314 g/mol. The molecule has 23 heavy (non-hydrogen) atoms. The summed E-state index contributed by atoms with van der Waals surface area (Å²) >= 11 is 0. The molecule has 0 bridgehead atoms. The lowest BCUT2D eigenvalue weighted by atomic mass is 9.72. The zero-order valence-corrected chi connectivity index (χ0v) is 13.8. The lowest BCUT2D eigenvalue weighted by molar-refractivity contribution is -0.127. The second kappa shape index (κ2) is 7.16. The number of carbonyl (C=O) groups is 2. The quantitative estimate of drug-likeness (QED) is 0.897. The molecule has 4 heteroatoms. The number of rotatable bonds is 4. The molecule has 2 aliphatic rings. The van der Waals surface area contributed by atoms with Crippen LogP contribution in [-0.2, 0) is 16.0 Å². The molecule has 1 heterocycles. The van der Waals surface area contributed by atoms with Gasteiger partial charge in [-0.05, 0) is 43.1 Å². The van der Waals surface area contributed by atoms with E-state index in [9.17, 15) is 9.59 Å². The van der Waals surface area contributed by atoms with Gasteiger partial charge in [-0.1, -0.05) is 37.3 Å². The molecule has 4 atom stereocenters. The first-order chi connectivity index (χ1) is 11.1. The van der Waals surface area contributed by atoms with E-state index in [0.29, 0.717) is 24.7 Å². The summed E-state index contributed by atoms with van der Waals surface area (Å²) in [7, 11) is 0. The molecule has 1 aromatic rings. The molecule has 124 valence electrons. The molecule has 1 aliphatic carbocycles. The van der Waals surface area contributed by atoms with E-state index in [1.54, 1.807) is 0 Å². The SMILES string of the molecule is CC1CC(=O)NC2CC(NC(=O)CCc3ccccc3)CCC12. The van der Waals surface area contributed by atoms with Crippen LogP contribution in [0.3, 0.4) is 0 Å².